The minimum Gasteiger partial charge on any atom is -0.493 e. The molecule has 0 aliphatic carbocycles. The Labute approximate surface area is 187 Å². The first-order valence-electron chi connectivity index (χ1n) is 10.6. The number of hydrogen-bond donors (Lipinski definition) is 1. The molecule has 1 aliphatic rings. The van der Waals surface area contributed by atoms with Gasteiger partial charge in [-0.25, -0.2) is 4.98 Å². The molecule has 4 rings (SSSR count). The first-order valence-corrected chi connectivity index (χ1v) is 11.7. The van der Waals surface area contributed by atoms with Crippen molar-refractivity contribution in [3.63, 3.8) is 0 Å². The summed E-state index contributed by atoms with van der Waals surface area (Å²) in [4.78, 5) is 4.46. The number of thioether (sulfide) groups is 1. The number of nitrogens with zero attached hydrogens (tertiary/aromatic N) is 1. The van der Waals surface area contributed by atoms with Crippen molar-refractivity contribution in [3.8, 4) is 11.5 Å². The van der Waals surface area contributed by atoms with Crippen LogP contribution in [0.1, 0.15) is 35.6 Å². The Morgan fingerprint density at radius 1 is 1.16 bits per heavy atom. The largest absolute Gasteiger partial charge is 0.493 e. The van der Waals surface area contributed by atoms with E-state index in [1.165, 1.54) is 24.2 Å². The highest BCUT2D eigenvalue weighted by Crippen LogP contribution is 2.29. The molecule has 1 fully saturated rings. The van der Waals surface area contributed by atoms with Crippen LogP contribution < -0.4 is 14.8 Å². The highest BCUT2D eigenvalue weighted by atomic mass is 32.2. The Bertz CT molecular complexity index is 981. The number of oxazole rings is 1. The number of aryl methyl sites for hydroxylation is 1. The van der Waals surface area contributed by atoms with Gasteiger partial charge in [-0.15, -0.1) is 11.8 Å². The van der Waals surface area contributed by atoms with Crippen LogP contribution in [0.4, 0.5) is 0 Å². The maximum absolute atomic E-state index is 5.95. The van der Waals surface area contributed by atoms with Gasteiger partial charge in [-0.2, -0.15) is 0 Å². The third-order valence-corrected chi connectivity index (χ3v) is 6.21. The molecule has 0 spiro atoms. The fourth-order valence-corrected chi connectivity index (χ4v) is 4.55. The zero-order valence-electron chi connectivity index (χ0n) is 17.8. The van der Waals surface area contributed by atoms with Crippen molar-refractivity contribution < 1.29 is 13.9 Å². The molecular weight excluding hydrogens is 408 g/mol. The lowest BCUT2D eigenvalue weighted by atomic mass is 10.0. The lowest BCUT2D eigenvalue weighted by molar-refractivity contribution is 0.280. The molecule has 1 atom stereocenters. The van der Waals surface area contributed by atoms with Gasteiger partial charge in [0, 0.05) is 23.7 Å². The van der Waals surface area contributed by atoms with Gasteiger partial charge in [0.15, 0.2) is 11.5 Å². The van der Waals surface area contributed by atoms with Crippen LogP contribution in [0.15, 0.2) is 59.2 Å². The van der Waals surface area contributed by atoms with Crippen molar-refractivity contribution in [2.24, 2.45) is 0 Å². The Morgan fingerprint density at radius 2 is 2.06 bits per heavy atom. The molecular formula is C25H28N2O3S. The Kier molecular flexibility index (Phi) is 7.69. The number of methoxy groups -OCH3 is 1. The quantitative estimate of drug-likeness (QED) is 0.458. The second-order valence-electron chi connectivity index (χ2n) is 7.50. The fraction of sp³-hybridized carbons (Fsp3) is 0.320. The first-order chi connectivity index (χ1) is 15.3. The zero-order chi connectivity index (χ0) is 21.3. The van der Waals surface area contributed by atoms with Gasteiger partial charge in [0.2, 0.25) is 5.89 Å². The van der Waals surface area contributed by atoms with Gasteiger partial charge in [-0.1, -0.05) is 36.4 Å². The summed E-state index contributed by atoms with van der Waals surface area (Å²) >= 11 is 1.98. The lowest BCUT2D eigenvalue weighted by Gasteiger charge is -2.12. The number of aromatic nitrogens is 1. The van der Waals surface area contributed by atoms with Crippen LogP contribution in [-0.2, 0) is 13.0 Å². The number of benzene rings is 2. The highest BCUT2D eigenvalue weighted by molar-refractivity contribution is 7.99. The molecule has 0 saturated carbocycles. The number of rotatable bonds is 10. The summed E-state index contributed by atoms with van der Waals surface area (Å²) in [6.07, 6.45) is 8.87. The van der Waals surface area contributed by atoms with Crippen molar-refractivity contribution in [1.29, 1.82) is 0 Å². The summed E-state index contributed by atoms with van der Waals surface area (Å²) in [5.74, 6) is 4.33. The predicted molar refractivity (Wildman–Crippen MR) is 126 cm³/mol. The van der Waals surface area contributed by atoms with Crippen LogP contribution in [0.25, 0.3) is 12.2 Å². The van der Waals surface area contributed by atoms with E-state index in [-0.39, 0.29) is 0 Å². The fourth-order valence-electron chi connectivity index (χ4n) is 3.51. The monoisotopic (exact) mass is 436 g/mol. The number of ether oxygens (including phenoxy) is 2. The van der Waals surface area contributed by atoms with Crippen molar-refractivity contribution in [1.82, 2.24) is 10.3 Å². The van der Waals surface area contributed by atoms with Crippen LogP contribution in [-0.4, -0.2) is 29.8 Å². The molecule has 3 aromatic rings. The van der Waals surface area contributed by atoms with Crippen LogP contribution in [0.5, 0.6) is 11.5 Å². The standard InChI is InChI=1S/C25H28N2O3S/c1-28-24-14-20(8-5-9-21-17-31-18-26-21)10-12-23(24)29-15-22-16-30-25(27-22)13-11-19-6-3-2-4-7-19/h2-4,6-7,10-14,16,21,26H,5,8-9,15,17-18H2,1H3. The summed E-state index contributed by atoms with van der Waals surface area (Å²) in [6.45, 7) is 0.323. The molecule has 0 amide bonds. The summed E-state index contributed by atoms with van der Waals surface area (Å²) in [6, 6.07) is 16.9. The molecule has 1 aliphatic heterocycles. The summed E-state index contributed by atoms with van der Waals surface area (Å²) in [5.41, 5.74) is 3.10. The van der Waals surface area contributed by atoms with E-state index in [0.29, 0.717) is 24.3 Å². The minimum atomic E-state index is 0.323. The molecule has 5 nitrogen and oxygen atoms in total. The summed E-state index contributed by atoms with van der Waals surface area (Å²) < 4.78 is 17.0. The van der Waals surface area contributed by atoms with Crippen molar-refractivity contribution in [2.45, 2.75) is 31.9 Å². The Balaban J connectivity index is 1.29. The van der Waals surface area contributed by atoms with Gasteiger partial charge in [-0.05, 0) is 48.6 Å². The van der Waals surface area contributed by atoms with Gasteiger partial charge in [0.25, 0.3) is 0 Å². The molecule has 1 N–H and O–H groups in total. The molecule has 1 saturated heterocycles. The average molecular weight is 437 g/mol. The number of hydrogen-bond acceptors (Lipinski definition) is 6. The smallest absolute Gasteiger partial charge is 0.218 e. The first kappa shape index (κ1) is 21.5. The van der Waals surface area contributed by atoms with Gasteiger partial charge in [0.05, 0.1) is 7.11 Å². The molecule has 0 bridgehead atoms. The molecule has 162 valence electrons. The van der Waals surface area contributed by atoms with E-state index in [0.717, 1.165) is 29.3 Å². The van der Waals surface area contributed by atoms with Crippen LogP contribution >= 0.6 is 11.8 Å². The van der Waals surface area contributed by atoms with Crippen LogP contribution in [0.3, 0.4) is 0 Å². The number of nitrogens with one attached hydrogen (secondary N) is 1. The molecule has 2 aromatic carbocycles. The van der Waals surface area contributed by atoms with Gasteiger partial charge >= 0.3 is 0 Å². The summed E-state index contributed by atoms with van der Waals surface area (Å²) in [7, 11) is 1.67. The van der Waals surface area contributed by atoms with E-state index in [9.17, 15) is 0 Å². The van der Waals surface area contributed by atoms with Crippen LogP contribution in [0, 0.1) is 0 Å². The van der Waals surface area contributed by atoms with Gasteiger partial charge < -0.3 is 19.2 Å². The maximum atomic E-state index is 5.95. The molecule has 1 unspecified atom stereocenters. The molecule has 6 heteroatoms. The van der Waals surface area contributed by atoms with E-state index in [4.69, 9.17) is 13.9 Å². The second kappa shape index (κ2) is 11.1. The normalized spacial score (nSPS) is 16.1. The van der Waals surface area contributed by atoms with Crippen LogP contribution in [0.2, 0.25) is 0 Å². The third-order valence-electron chi connectivity index (χ3n) is 5.20. The SMILES string of the molecule is COc1cc(CCCC2CSCN2)ccc1OCc1coc(C=Cc2ccccc2)n1. The van der Waals surface area contributed by atoms with E-state index in [2.05, 4.69) is 22.4 Å². The molecule has 0 radical (unpaired) electrons. The van der Waals surface area contributed by atoms with Gasteiger partial charge in [-0.3, -0.25) is 0 Å². The zero-order valence-corrected chi connectivity index (χ0v) is 18.6. The lowest BCUT2D eigenvalue weighted by Crippen LogP contribution is -2.23. The van der Waals surface area contributed by atoms with E-state index in [1.807, 2.05) is 60.3 Å². The van der Waals surface area contributed by atoms with Gasteiger partial charge in [0.1, 0.15) is 18.6 Å². The second-order valence-corrected chi connectivity index (χ2v) is 8.53. The average Bonchev–Trinajstić information content (AvgIpc) is 3.49. The van der Waals surface area contributed by atoms with E-state index in [1.54, 1.807) is 13.4 Å². The predicted octanol–water partition coefficient (Wildman–Crippen LogP) is 5.42. The maximum Gasteiger partial charge on any atom is 0.218 e. The minimum absolute atomic E-state index is 0.323. The van der Waals surface area contributed by atoms with E-state index < -0.39 is 0 Å². The van der Waals surface area contributed by atoms with E-state index >= 15 is 0 Å². The van der Waals surface area contributed by atoms with Crippen molar-refractivity contribution in [3.05, 3.63) is 77.5 Å². The topological polar surface area (TPSA) is 56.5 Å². The van der Waals surface area contributed by atoms with Crippen molar-refractivity contribution in [2.75, 3.05) is 18.7 Å². The Hall–Kier alpha value is -2.70. The molecule has 31 heavy (non-hydrogen) atoms. The Morgan fingerprint density at radius 3 is 2.87 bits per heavy atom. The van der Waals surface area contributed by atoms with Crippen molar-refractivity contribution >= 4 is 23.9 Å². The third kappa shape index (κ3) is 6.39. The molecule has 2 heterocycles. The summed E-state index contributed by atoms with van der Waals surface area (Å²) in [5, 5.41) is 3.53. The highest BCUT2D eigenvalue weighted by Gasteiger charge is 2.14. The molecule has 1 aromatic heterocycles.